The normalized spacial score (nSPS) is 18.5. The van der Waals surface area contributed by atoms with E-state index in [1.54, 1.807) is 4.90 Å². The van der Waals surface area contributed by atoms with Gasteiger partial charge in [0.2, 0.25) is 5.91 Å². The number of urea groups is 1. The molecule has 5 heteroatoms. The van der Waals surface area contributed by atoms with Gasteiger partial charge in [-0.25, -0.2) is 4.79 Å². The average molecular weight is 377 g/mol. The summed E-state index contributed by atoms with van der Waals surface area (Å²) in [6.07, 6.45) is 5.99. The van der Waals surface area contributed by atoms with Crippen LogP contribution in [0.3, 0.4) is 0 Å². The molecular weight excluding hydrogens is 350 g/mol. The van der Waals surface area contributed by atoms with E-state index in [4.69, 9.17) is 0 Å². The molecule has 28 heavy (non-hydrogen) atoms. The number of carbonyl (C=O) groups excluding carboxylic acids is 2. The minimum atomic E-state index is -0.426. The monoisotopic (exact) mass is 377 g/mol. The lowest BCUT2D eigenvalue weighted by Crippen LogP contribution is -2.45. The molecule has 3 amide bonds. The summed E-state index contributed by atoms with van der Waals surface area (Å²) in [5, 5.41) is 6.02. The molecule has 1 aliphatic heterocycles. The number of hydrogen-bond donors (Lipinski definition) is 2. The number of nitrogens with one attached hydrogen (secondary N) is 2. The van der Waals surface area contributed by atoms with Crippen LogP contribution in [0.5, 0.6) is 0 Å². The number of amides is 3. The summed E-state index contributed by atoms with van der Waals surface area (Å²) >= 11 is 0. The number of likely N-dealkylation sites (tertiary alicyclic amines) is 1. The Kier molecular flexibility index (Phi) is 5.33. The largest absolute Gasteiger partial charge is 0.324 e. The molecule has 2 N–H and O–H groups in total. The molecule has 0 bridgehead atoms. The highest BCUT2D eigenvalue weighted by Gasteiger charge is 2.34. The Labute approximate surface area is 166 Å². The third-order valence-electron chi connectivity index (χ3n) is 5.77. The van der Waals surface area contributed by atoms with E-state index < -0.39 is 6.04 Å². The maximum Gasteiger partial charge on any atom is 0.322 e. The van der Waals surface area contributed by atoms with Gasteiger partial charge in [-0.1, -0.05) is 29.8 Å². The first-order valence-electron chi connectivity index (χ1n) is 10.2. The second-order valence-electron chi connectivity index (χ2n) is 7.79. The van der Waals surface area contributed by atoms with Crippen LogP contribution in [0.25, 0.3) is 0 Å². The van der Waals surface area contributed by atoms with Gasteiger partial charge in [-0.3, -0.25) is 4.79 Å². The maximum absolute atomic E-state index is 13.0. The second kappa shape index (κ2) is 8.05. The highest BCUT2D eigenvalue weighted by molar-refractivity contribution is 6.00. The molecule has 0 saturated carbocycles. The number of aryl methyl sites for hydroxylation is 2. The molecule has 1 unspecified atom stereocenters. The van der Waals surface area contributed by atoms with Gasteiger partial charge in [0.05, 0.1) is 0 Å². The maximum atomic E-state index is 13.0. The minimum Gasteiger partial charge on any atom is -0.324 e. The zero-order chi connectivity index (χ0) is 19.5. The lowest BCUT2D eigenvalue weighted by molar-refractivity contribution is -0.119. The molecule has 1 heterocycles. The highest BCUT2D eigenvalue weighted by atomic mass is 16.2. The number of benzene rings is 2. The Balaban J connectivity index is 1.45. The third-order valence-corrected chi connectivity index (χ3v) is 5.77. The van der Waals surface area contributed by atoms with Crippen molar-refractivity contribution in [2.75, 3.05) is 17.2 Å². The Morgan fingerprint density at radius 1 is 0.964 bits per heavy atom. The second-order valence-corrected chi connectivity index (χ2v) is 7.79. The zero-order valence-corrected chi connectivity index (χ0v) is 16.3. The number of rotatable bonds is 3. The average Bonchev–Trinajstić information content (AvgIpc) is 3.20. The molecule has 146 valence electrons. The molecule has 1 saturated heterocycles. The Morgan fingerprint density at radius 2 is 1.75 bits per heavy atom. The van der Waals surface area contributed by atoms with Gasteiger partial charge >= 0.3 is 6.03 Å². The van der Waals surface area contributed by atoms with Crippen LogP contribution in [0.1, 0.15) is 42.4 Å². The quantitative estimate of drug-likeness (QED) is 0.827. The first-order valence-corrected chi connectivity index (χ1v) is 10.2. The fraction of sp³-hybridized carbons (Fsp3) is 0.391. The van der Waals surface area contributed by atoms with E-state index in [9.17, 15) is 9.59 Å². The first-order chi connectivity index (χ1) is 13.6. The first kappa shape index (κ1) is 18.5. The van der Waals surface area contributed by atoms with Crippen LogP contribution in [0, 0.1) is 6.92 Å². The number of carbonyl (C=O) groups is 2. The van der Waals surface area contributed by atoms with Crippen molar-refractivity contribution in [2.24, 2.45) is 0 Å². The molecule has 2 aromatic carbocycles. The molecule has 1 fully saturated rings. The lowest BCUT2D eigenvalue weighted by atomic mass is 9.90. The lowest BCUT2D eigenvalue weighted by Gasteiger charge is -2.25. The molecule has 0 spiro atoms. The van der Waals surface area contributed by atoms with Crippen LogP contribution in [-0.2, 0) is 17.6 Å². The summed E-state index contributed by atoms with van der Waals surface area (Å²) in [5.74, 6) is -0.0875. The van der Waals surface area contributed by atoms with Gasteiger partial charge in [-0.2, -0.15) is 0 Å². The Morgan fingerprint density at radius 3 is 2.57 bits per heavy atom. The summed E-state index contributed by atoms with van der Waals surface area (Å²) in [6.45, 7) is 2.61. The fourth-order valence-corrected chi connectivity index (χ4v) is 4.23. The van der Waals surface area contributed by atoms with Crippen molar-refractivity contribution < 1.29 is 9.59 Å². The van der Waals surface area contributed by atoms with Gasteiger partial charge in [-0.15, -0.1) is 0 Å². The van der Waals surface area contributed by atoms with E-state index in [-0.39, 0.29) is 11.9 Å². The molecule has 1 atom stereocenters. The van der Waals surface area contributed by atoms with Crippen molar-refractivity contribution in [1.82, 2.24) is 4.90 Å². The minimum absolute atomic E-state index is 0.0875. The van der Waals surface area contributed by atoms with Crippen molar-refractivity contribution in [3.05, 3.63) is 59.2 Å². The van der Waals surface area contributed by atoms with E-state index in [1.165, 1.54) is 17.5 Å². The summed E-state index contributed by atoms with van der Waals surface area (Å²) in [5.41, 5.74) is 5.40. The van der Waals surface area contributed by atoms with E-state index >= 15 is 0 Å². The highest BCUT2D eigenvalue weighted by Crippen LogP contribution is 2.29. The predicted octanol–water partition coefficient (Wildman–Crippen LogP) is 4.51. The van der Waals surface area contributed by atoms with Crippen LogP contribution in [-0.4, -0.2) is 29.4 Å². The van der Waals surface area contributed by atoms with E-state index in [0.717, 1.165) is 42.6 Å². The van der Waals surface area contributed by atoms with Crippen molar-refractivity contribution in [2.45, 2.75) is 51.5 Å². The van der Waals surface area contributed by atoms with E-state index in [2.05, 4.69) is 16.7 Å². The van der Waals surface area contributed by atoms with Crippen LogP contribution >= 0.6 is 0 Å². The molecule has 2 aromatic rings. The number of nitrogens with zero attached hydrogens (tertiary/aromatic N) is 1. The Bertz CT molecular complexity index is 876. The Hall–Kier alpha value is -2.82. The van der Waals surface area contributed by atoms with Gasteiger partial charge in [0, 0.05) is 17.9 Å². The van der Waals surface area contributed by atoms with Crippen LogP contribution in [0.2, 0.25) is 0 Å². The van der Waals surface area contributed by atoms with E-state index in [0.29, 0.717) is 13.0 Å². The van der Waals surface area contributed by atoms with Gasteiger partial charge < -0.3 is 15.5 Å². The van der Waals surface area contributed by atoms with Crippen LogP contribution in [0.4, 0.5) is 16.2 Å². The molecule has 1 aliphatic carbocycles. The van der Waals surface area contributed by atoms with Crippen molar-refractivity contribution in [3.63, 3.8) is 0 Å². The number of fused-ring (bicyclic) bond motifs is 1. The summed E-state index contributed by atoms with van der Waals surface area (Å²) in [7, 11) is 0. The smallest absolute Gasteiger partial charge is 0.322 e. The van der Waals surface area contributed by atoms with Crippen LogP contribution < -0.4 is 10.6 Å². The van der Waals surface area contributed by atoms with Gasteiger partial charge in [-0.05, 0) is 74.8 Å². The molecule has 0 radical (unpaired) electrons. The van der Waals surface area contributed by atoms with Crippen molar-refractivity contribution >= 4 is 23.3 Å². The summed E-state index contributed by atoms with van der Waals surface area (Å²) in [6, 6.07) is 13.2. The van der Waals surface area contributed by atoms with Gasteiger partial charge in [0.1, 0.15) is 6.04 Å². The fourth-order valence-electron chi connectivity index (χ4n) is 4.23. The molecular formula is C23H27N3O2. The van der Waals surface area contributed by atoms with Crippen molar-refractivity contribution in [1.29, 1.82) is 0 Å². The van der Waals surface area contributed by atoms with Gasteiger partial charge in [0.15, 0.2) is 0 Å². The zero-order valence-electron chi connectivity index (χ0n) is 16.3. The molecule has 5 nitrogen and oxygen atoms in total. The van der Waals surface area contributed by atoms with Gasteiger partial charge in [0.25, 0.3) is 0 Å². The van der Waals surface area contributed by atoms with E-state index in [1.807, 2.05) is 43.3 Å². The standard InChI is InChI=1S/C23H27N3O2/c1-16-11-13-18(14-12-16)24-23(28)26-15-5-10-21(26)22(27)25-20-9-4-7-17-6-2-3-8-19(17)20/h4,7,9,11-14,21H,2-3,5-6,8,10,15H2,1H3,(H,24,28)(H,25,27). The summed E-state index contributed by atoms with van der Waals surface area (Å²) in [4.78, 5) is 27.4. The molecule has 2 aliphatic rings. The molecule has 0 aromatic heterocycles. The SMILES string of the molecule is Cc1ccc(NC(=O)N2CCCC2C(=O)Nc2cccc3c2CCCC3)cc1. The number of hydrogen-bond acceptors (Lipinski definition) is 2. The molecule has 4 rings (SSSR count). The third kappa shape index (κ3) is 3.88. The topological polar surface area (TPSA) is 61.4 Å². The van der Waals surface area contributed by atoms with Crippen molar-refractivity contribution in [3.8, 4) is 0 Å². The summed E-state index contributed by atoms with van der Waals surface area (Å²) < 4.78 is 0. The predicted molar refractivity (Wildman–Crippen MR) is 112 cm³/mol. The number of anilines is 2. The van der Waals surface area contributed by atoms with Crippen LogP contribution in [0.15, 0.2) is 42.5 Å².